The Bertz CT molecular complexity index is 1130. The van der Waals surface area contributed by atoms with E-state index in [9.17, 15) is 8.42 Å². The van der Waals surface area contributed by atoms with Crippen LogP contribution in [0.2, 0.25) is 0 Å². The van der Waals surface area contributed by atoms with Crippen LogP contribution in [0.4, 0.5) is 5.69 Å². The van der Waals surface area contributed by atoms with Crippen molar-refractivity contribution >= 4 is 21.4 Å². The lowest BCUT2D eigenvalue weighted by molar-refractivity contribution is 0.414. The molecular formula is C22H21N3O3S. The van der Waals surface area contributed by atoms with Crippen molar-refractivity contribution in [2.75, 3.05) is 12.1 Å². The zero-order valence-corrected chi connectivity index (χ0v) is 16.7. The Balaban J connectivity index is 1.73. The highest BCUT2D eigenvalue weighted by atomic mass is 32.2. The molecule has 1 heterocycles. The number of nitrogens with zero attached hydrogens (tertiary/aromatic N) is 2. The minimum Gasteiger partial charge on any atom is -0.497 e. The van der Waals surface area contributed by atoms with Crippen molar-refractivity contribution in [3.05, 3.63) is 90.0 Å². The Kier molecular flexibility index (Phi) is 5.08. The molecule has 3 aromatic carbocycles. The summed E-state index contributed by atoms with van der Waals surface area (Å²) in [6.45, 7) is 0. The molecule has 6 nitrogen and oxygen atoms in total. The first kappa shape index (κ1) is 19.2. The lowest BCUT2D eigenvalue weighted by Crippen LogP contribution is -2.19. The number of anilines is 1. The molecule has 0 radical (unpaired) electrons. The fourth-order valence-electron chi connectivity index (χ4n) is 3.43. The van der Waals surface area contributed by atoms with E-state index in [-0.39, 0.29) is 10.9 Å². The van der Waals surface area contributed by atoms with E-state index in [0.29, 0.717) is 0 Å². The van der Waals surface area contributed by atoms with Gasteiger partial charge in [-0.15, -0.1) is 0 Å². The third-order valence-corrected chi connectivity index (χ3v) is 5.88. The molecule has 0 saturated carbocycles. The zero-order valence-electron chi connectivity index (χ0n) is 15.9. The molecule has 0 unspecified atom stereocenters. The minimum atomic E-state index is -3.74. The molecule has 1 aliphatic rings. The van der Waals surface area contributed by atoms with Gasteiger partial charge in [-0.2, -0.15) is 5.10 Å². The van der Waals surface area contributed by atoms with Crippen molar-refractivity contribution in [3.63, 3.8) is 0 Å². The second kappa shape index (κ2) is 7.69. The Morgan fingerprint density at radius 3 is 2.21 bits per heavy atom. The Morgan fingerprint density at radius 2 is 1.62 bits per heavy atom. The molecule has 2 N–H and O–H groups in total. The number of rotatable bonds is 5. The number of sulfonamides is 1. The number of ether oxygens (including phenoxy) is 1. The maximum absolute atomic E-state index is 11.6. The van der Waals surface area contributed by atoms with Crippen LogP contribution >= 0.6 is 0 Å². The Labute approximate surface area is 170 Å². The van der Waals surface area contributed by atoms with Gasteiger partial charge in [0.05, 0.1) is 29.4 Å². The Hall–Kier alpha value is -3.16. The summed E-state index contributed by atoms with van der Waals surface area (Å²) in [5, 5.41) is 12.0. The normalized spacial score (nSPS) is 16.6. The number of hydrogen-bond donors (Lipinski definition) is 1. The van der Waals surface area contributed by atoms with Crippen molar-refractivity contribution in [2.45, 2.75) is 17.4 Å². The quantitative estimate of drug-likeness (QED) is 0.699. The lowest BCUT2D eigenvalue weighted by Gasteiger charge is -2.24. The van der Waals surface area contributed by atoms with E-state index in [1.165, 1.54) is 12.1 Å². The summed E-state index contributed by atoms with van der Waals surface area (Å²) in [6.07, 6.45) is 0.729. The van der Waals surface area contributed by atoms with Gasteiger partial charge in [0, 0.05) is 6.42 Å². The van der Waals surface area contributed by atoms with Gasteiger partial charge in [-0.05, 0) is 47.5 Å². The topological polar surface area (TPSA) is 85.0 Å². The summed E-state index contributed by atoms with van der Waals surface area (Å²) in [7, 11) is -2.10. The van der Waals surface area contributed by atoms with Gasteiger partial charge >= 0.3 is 0 Å². The molecule has 0 bridgehead atoms. The van der Waals surface area contributed by atoms with E-state index in [4.69, 9.17) is 15.0 Å². The zero-order chi connectivity index (χ0) is 20.4. The predicted octanol–water partition coefficient (Wildman–Crippen LogP) is 3.70. The van der Waals surface area contributed by atoms with E-state index >= 15 is 0 Å². The van der Waals surface area contributed by atoms with Crippen molar-refractivity contribution in [1.29, 1.82) is 0 Å². The molecule has 0 spiro atoms. The molecule has 1 aliphatic heterocycles. The van der Waals surface area contributed by atoms with E-state index in [0.717, 1.165) is 34.7 Å². The van der Waals surface area contributed by atoms with Crippen LogP contribution in [0.3, 0.4) is 0 Å². The van der Waals surface area contributed by atoms with Gasteiger partial charge in [-0.1, -0.05) is 42.5 Å². The van der Waals surface area contributed by atoms with Crippen LogP contribution in [0.15, 0.2) is 88.9 Å². The van der Waals surface area contributed by atoms with Crippen molar-refractivity contribution in [2.24, 2.45) is 10.2 Å². The van der Waals surface area contributed by atoms with Gasteiger partial charge in [-0.25, -0.2) is 13.6 Å². The largest absolute Gasteiger partial charge is 0.497 e. The van der Waals surface area contributed by atoms with Gasteiger partial charge < -0.3 is 4.74 Å². The first-order valence-electron chi connectivity index (χ1n) is 9.14. The number of primary sulfonamides is 1. The van der Waals surface area contributed by atoms with Gasteiger partial charge in [0.15, 0.2) is 0 Å². The van der Waals surface area contributed by atoms with Gasteiger partial charge in [-0.3, -0.25) is 5.01 Å². The van der Waals surface area contributed by atoms with Crippen LogP contribution in [0, 0.1) is 0 Å². The SMILES string of the molecule is COc1ccc([C@H]2CC(c3ccccc3)=NN2c2ccc(S(N)(=O)=O)cc2)cc1. The highest BCUT2D eigenvalue weighted by Crippen LogP contribution is 2.37. The van der Waals surface area contributed by atoms with Crippen LogP contribution in [0.25, 0.3) is 0 Å². The minimum absolute atomic E-state index is 0.0172. The monoisotopic (exact) mass is 407 g/mol. The van der Waals surface area contributed by atoms with E-state index in [2.05, 4.69) is 0 Å². The average Bonchev–Trinajstić information content (AvgIpc) is 3.19. The van der Waals surface area contributed by atoms with Crippen molar-refractivity contribution in [3.8, 4) is 5.75 Å². The van der Waals surface area contributed by atoms with Gasteiger partial charge in [0.25, 0.3) is 0 Å². The number of hydrogen-bond acceptors (Lipinski definition) is 5. The standard InChI is InChI=1S/C22H21N3O3S/c1-28-19-11-7-17(8-12-19)22-15-21(16-5-3-2-4-6-16)24-25(22)18-9-13-20(14-10-18)29(23,26)27/h2-14,22H,15H2,1H3,(H2,23,26,27)/t22-/m1/s1. The van der Waals surface area contributed by atoms with Crippen LogP contribution in [0.1, 0.15) is 23.6 Å². The molecule has 0 saturated heterocycles. The molecule has 0 aromatic heterocycles. The molecule has 0 amide bonds. The summed E-state index contributed by atoms with van der Waals surface area (Å²) in [5.41, 5.74) is 3.93. The smallest absolute Gasteiger partial charge is 0.238 e. The van der Waals surface area contributed by atoms with Crippen molar-refractivity contribution in [1.82, 2.24) is 0 Å². The molecule has 148 valence electrons. The summed E-state index contributed by atoms with van der Waals surface area (Å²) in [6, 6.07) is 24.4. The van der Waals surface area contributed by atoms with E-state index in [1.54, 1.807) is 19.2 Å². The van der Waals surface area contributed by atoms with E-state index in [1.807, 2.05) is 59.6 Å². The fraction of sp³-hybridized carbons (Fsp3) is 0.136. The predicted molar refractivity (Wildman–Crippen MR) is 114 cm³/mol. The Morgan fingerprint density at radius 1 is 0.966 bits per heavy atom. The summed E-state index contributed by atoms with van der Waals surface area (Å²) in [4.78, 5) is 0.0775. The highest BCUT2D eigenvalue weighted by Gasteiger charge is 2.30. The first-order chi connectivity index (χ1) is 14.0. The third kappa shape index (κ3) is 4.01. The lowest BCUT2D eigenvalue weighted by atomic mass is 9.98. The summed E-state index contributed by atoms with van der Waals surface area (Å²) in [5.74, 6) is 0.792. The highest BCUT2D eigenvalue weighted by molar-refractivity contribution is 7.89. The van der Waals surface area contributed by atoms with Crippen LogP contribution in [0.5, 0.6) is 5.75 Å². The molecule has 29 heavy (non-hydrogen) atoms. The van der Waals surface area contributed by atoms with Crippen LogP contribution < -0.4 is 14.9 Å². The fourth-order valence-corrected chi connectivity index (χ4v) is 3.94. The van der Waals surface area contributed by atoms with Gasteiger partial charge in [0.2, 0.25) is 10.0 Å². The molecule has 7 heteroatoms. The first-order valence-corrected chi connectivity index (χ1v) is 10.7. The summed E-state index contributed by atoms with van der Waals surface area (Å²) < 4.78 is 28.4. The second-order valence-electron chi connectivity index (χ2n) is 6.79. The van der Waals surface area contributed by atoms with E-state index < -0.39 is 10.0 Å². The second-order valence-corrected chi connectivity index (χ2v) is 8.35. The number of hydrazone groups is 1. The average molecular weight is 407 g/mol. The molecule has 0 aliphatic carbocycles. The van der Waals surface area contributed by atoms with Gasteiger partial charge in [0.1, 0.15) is 5.75 Å². The molecule has 3 aromatic rings. The third-order valence-electron chi connectivity index (χ3n) is 4.95. The number of benzene rings is 3. The van der Waals surface area contributed by atoms with Crippen molar-refractivity contribution < 1.29 is 13.2 Å². The molecule has 1 atom stereocenters. The molecular weight excluding hydrogens is 386 g/mol. The number of methoxy groups -OCH3 is 1. The molecule has 0 fully saturated rings. The maximum Gasteiger partial charge on any atom is 0.238 e. The van der Waals surface area contributed by atoms with Crippen LogP contribution in [-0.2, 0) is 10.0 Å². The maximum atomic E-state index is 11.6. The summed E-state index contributed by atoms with van der Waals surface area (Å²) >= 11 is 0. The number of nitrogens with two attached hydrogens (primary N) is 1. The molecule has 4 rings (SSSR count). The van der Waals surface area contributed by atoms with Crippen LogP contribution in [-0.4, -0.2) is 21.2 Å².